The first-order valence-electron chi connectivity index (χ1n) is 9.16. The minimum absolute atomic E-state index is 0. The first-order chi connectivity index (χ1) is 14.4. The van der Waals surface area contributed by atoms with Crippen LogP contribution in [0.1, 0.15) is 28.1 Å². The molecule has 3 N–H and O–H groups in total. The number of nitrogens with two attached hydrogens (primary N) is 1. The molecule has 0 spiro atoms. The van der Waals surface area contributed by atoms with Gasteiger partial charge in [-0.2, -0.15) is 19.4 Å². The first kappa shape index (κ1) is 23.1. The van der Waals surface area contributed by atoms with Crippen LogP contribution in [0.25, 0.3) is 11.3 Å². The van der Waals surface area contributed by atoms with Gasteiger partial charge in [0.2, 0.25) is 5.91 Å². The molecule has 3 aliphatic rings. The van der Waals surface area contributed by atoms with Crippen molar-refractivity contribution in [3.8, 4) is 17.0 Å². The van der Waals surface area contributed by atoms with Gasteiger partial charge in [-0.3, -0.25) is 9.78 Å². The van der Waals surface area contributed by atoms with Crippen molar-refractivity contribution in [2.45, 2.75) is 25.6 Å². The third-order valence-electron chi connectivity index (χ3n) is 4.90. The summed E-state index contributed by atoms with van der Waals surface area (Å²) in [6, 6.07) is 1.91. The molecule has 3 heterocycles. The van der Waals surface area contributed by atoms with Crippen LogP contribution in [0.2, 0.25) is 5.02 Å². The average molecular weight is 482 g/mol. The van der Waals surface area contributed by atoms with Crippen molar-refractivity contribution in [1.29, 1.82) is 0 Å². The maximum atomic E-state index is 12.0. The minimum Gasteiger partial charge on any atom is -0.495 e. The summed E-state index contributed by atoms with van der Waals surface area (Å²) in [5.41, 5.74) is 11.5. The highest BCUT2D eigenvalue weighted by molar-refractivity contribution is 7.97. The van der Waals surface area contributed by atoms with E-state index < -0.39 is 0 Å². The summed E-state index contributed by atoms with van der Waals surface area (Å²) in [4.78, 5) is 17.9. The minimum atomic E-state index is -0.0742. The number of methoxy groups -OCH3 is 1. The van der Waals surface area contributed by atoms with Crippen LogP contribution < -0.4 is 15.8 Å². The number of rotatable bonds is 5. The van der Waals surface area contributed by atoms with Gasteiger partial charge in [-0.25, -0.2) is 0 Å². The Morgan fingerprint density at radius 2 is 2.19 bits per heavy atom. The van der Waals surface area contributed by atoms with Gasteiger partial charge in [0.15, 0.2) is 5.84 Å². The second-order valence-electron chi connectivity index (χ2n) is 6.82. The van der Waals surface area contributed by atoms with Gasteiger partial charge in [0.05, 0.1) is 24.9 Å². The highest BCUT2D eigenvalue weighted by Gasteiger charge is 2.28. The van der Waals surface area contributed by atoms with E-state index in [0.717, 1.165) is 22.3 Å². The molecule has 0 bridgehead atoms. The molecule has 0 unspecified atom stereocenters. The molecule has 12 heteroatoms. The van der Waals surface area contributed by atoms with E-state index in [1.165, 1.54) is 16.7 Å². The molecule has 0 atom stereocenters. The molecule has 0 radical (unpaired) electrons. The average Bonchev–Trinajstić information content (AvgIpc) is 2.96. The topological polar surface area (TPSA) is 120 Å². The predicted octanol–water partition coefficient (Wildman–Crippen LogP) is 2.37. The second-order valence-corrected chi connectivity index (χ2v) is 7.93. The molecule has 1 aliphatic carbocycles. The molecule has 0 fully saturated rings. The van der Waals surface area contributed by atoms with Crippen LogP contribution >= 0.6 is 36.0 Å². The zero-order chi connectivity index (χ0) is 21.4. The summed E-state index contributed by atoms with van der Waals surface area (Å²) in [5.74, 6) is 1.41. The Labute approximate surface area is 194 Å². The number of hydrogen-bond donors (Lipinski definition) is 2. The maximum Gasteiger partial charge on any atom is 0.224 e. The van der Waals surface area contributed by atoms with Crippen LogP contribution in [-0.4, -0.2) is 45.9 Å². The fourth-order valence-corrected chi connectivity index (χ4v) is 4.51. The van der Waals surface area contributed by atoms with Gasteiger partial charge in [-0.15, -0.1) is 12.4 Å². The van der Waals surface area contributed by atoms with E-state index in [1.54, 1.807) is 20.4 Å². The van der Waals surface area contributed by atoms with Gasteiger partial charge < -0.3 is 15.8 Å². The number of carbonyl (C=O) groups excluding carboxylic acids is 1. The van der Waals surface area contributed by atoms with Crippen molar-refractivity contribution in [3.05, 3.63) is 45.4 Å². The molecular formula is C19H21Cl2N7O2S. The maximum absolute atomic E-state index is 12.0. The Morgan fingerprint density at radius 3 is 2.90 bits per heavy atom. The van der Waals surface area contributed by atoms with E-state index >= 15 is 0 Å². The Kier molecular flexibility index (Phi) is 6.93. The molecule has 0 saturated carbocycles. The zero-order valence-electron chi connectivity index (χ0n) is 17.1. The summed E-state index contributed by atoms with van der Waals surface area (Å²) >= 11 is 7.80. The molecular weight excluding hydrogens is 461 g/mol. The Bertz CT molecular complexity index is 1150. The summed E-state index contributed by atoms with van der Waals surface area (Å²) in [6.07, 6.45) is 1.95. The Hall–Kier alpha value is -2.56. The van der Waals surface area contributed by atoms with Gasteiger partial charge in [-0.05, 0) is 36.1 Å². The number of likely N-dealkylation sites (N-methyl/N-ethyl adjacent to an activating group) is 1. The standard InChI is InChI=1S/C19H20ClN7O2S.ClH/c1-9-6-23-13(16(20)18(9)29-3)7-27-24-12-4-10(5-14(28)22-2)11-8-30-26-19(21)17(25-27)15(11)12;/h4,6H,5,7-8H2,1-3H3,(H2,21,26)(H,22,28);1H. The van der Waals surface area contributed by atoms with Gasteiger partial charge in [0, 0.05) is 30.1 Å². The fourth-order valence-electron chi connectivity index (χ4n) is 3.43. The number of nitrogens with zero attached hydrogens (tertiary/aromatic N) is 5. The van der Waals surface area contributed by atoms with E-state index in [2.05, 4.69) is 24.9 Å². The van der Waals surface area contributed by atoms with Crippen molar-refractivity contribution in [1.82, 2.24) is 25.3 Å². The number of aryl methyl sites for hydroxylation is 1. The molecule has 2 aliphatic heterocycles. The van der Waals surface area contributed by atoms with Crippen molar-refractivity contribution in [2.24, 2.45) is 10.1 Å². The molecule has 1 aromatic heterocycles. The molecule has 1 amide bonds. The van der Waals surface area contributed by atoms with E-state index in [-0.39, 0.29) is 31.3 Å². The lowest BCUT2D eigenvalue weighted by molar-refractivity contribution is -0.119. The predicted molar refractivity (Wildman–Crippen MR) is 123 cm³/mol. The van der Waals surface area contributed by atoms with Gasteiger partial charge >= 0.3 is 0 Å². The van der Waals surface area contributed by atoms with Crippen LogP contribution in [0, 0.1) is 6.92 Å². The quantitative estimate of drug-likeness (QED) is 0.536. The van der Waals surface area contributed by atoms with E-state index in [0.29, 0.717) is 39.4 Å². The van der Waals surface area contributed by atoms with Crippen LogP contribution in [0.5, 0.6) is 5.75 Å². The number of nitrogens with one attached hydrogen (secondary N) is 1. The number of pyridine rings is 1. The summed E-state index contributed by atoms with van der Waals surface area (Å²) < 4.78 is 9.70. The van der Waals surface area contributed by atoms with Crippen LogP contribution in [0.4, 0.5) is 0 Å². The van der Waals surface area contributed by atoms with Crippen molar-refractivity contribution in [2.75, 3.05) is 14.2 Å². The number of amides is 1. The van der Waals surface area contributed by atoms with E-state index in [4.69, 9.17) is 22.1 Å². The molecule has 4 rings (SSSR count). The monoisotopic (exact) mass is 481 g/mol. The van der Waals surface area contributed by atoms with Gasteiger partial charge in [0.1, 0.15) is 23.0 Å². The van der Waals surface area contributed by atoms with Crippen LogP contribution in [0.3, 0.4) is 0 Å². The largest absolute Gasteiger partial charge is 0.495 e. The second kappa shape index (κ2) is 9.29. The highest BCUT2D eigenvalue weighted by Crippen LogP contribution is 2.38. The van der Waals surface area contributed by atoms with Crippen molar-refractivity contribution in [3.63, 3.8) is 0 Å². The number of halogens is 2. The van der Waals surface area contributed by atoms with Crippen molar-refractivity contribution < 1.29 is 9.53 Å². The summed E-state index contributed by atoms with van der Waals surface area (Å²) in [5, 5.41) is 12.3. The number of carbonyl (C=O) groups is 1. The third kappa shape index (κ3) is 4.28. The number of aromatic nitrogens is 4. The van der Waals surface area contributed by atoms with Crippen LogP contribution in [-0.2, 0) is 23.5 Å². The normalized spacial score (nSPS) is 12.7. The SMILES string of the molecule is CNC(=O)Cc1cc2nn(Cc3ncc(C)c(OC)c3Cl)nc3c-2c1CSN=C3N.Cl. The molecule has 31 heavy (non-hydrogen) atoms. The van der Waals surface area contributed by atoms with Crippen LogP contribution in [0.15, 0.2) is 16.7 Å². The molecule has 0 saturated heterocycles. The van der Waals surface area contributed by atoms with Gasteiger partial charge in [-0.1, -0.05) is 11.6 Å². The number of ether oxygens (including phenoxy) is 1. The third-order valence-corrected chi connectivity index (χ3v) is 6.03. The van der Waals surface area contributed by atoms with E-state index in [1.807, 2.05) is 13.0 Å². The molecule has 1 aromatic rings. The smallest absolute Gasteiger partial charge is 0.224 e. The zero-order valence-corrected chi connectivity index (χ0v) is 19.5. The highest BCUT2D eigenvalue weighted by atomic mass is 35.5. The lowest BCUT2D eigenvalue weighted by atomic mass is 10.1. The number of hydrogen-bond acceptors (Lipinski definition) is 8. The summed E-state index contributed by atoms with van der Waals surface area (Å²) in [7, 11) is 3.18. The van der Waals surface area contributed by atoms with Gasteiger partial charge in [0.25, 0.3) is 0 Å². The Balaban J connectivity index is 0.00000272. The lowest BCUT2D eigenvalue weighted by Gasteiger charge is -2.14. The number of amidine groups is 1. The molecule has 164 valence electrons. The molecule has 0 aromatic carbocycles. The van der Waals surface area contributed by atoms with E-state index in [9.17, 15) is 4.79 Å². The molecule has 9 nitrogen and oxygen atoms in total. The lowest BCUT2D eigenvalue weighted by Crippen LogP contribution is -2.22. The first-order valence-corrected chi connectivity index (χ1v) is 10.5. The van der Waals surface area contributed by atoms with Crippen molar-refractivity contribution >= 4 is 47.7 Å². The summed E-state index contributed by atoms with van der Waals surface area (Å²) in [6.45, 7) is 2.10. The fraction of sp³-hybridized carbons (Fsp3) is 0.316. The Morgan fingerprint density at radius 1 is 1.42 bits per heavy atom.